The SMILES string of the molecule is CCCCCCCCCCCCCCCCCCCCCCC(C(=O)O)C(O)CCCCCCCCCCCCCCCCCC1CC1CCCCCCCCCCCCCCCCC(=O)C(C)CCCCCCCCCCCCCCCCCC. The molecule has 0 aromatic rings. The molecule has 4 heteroatoms. The van der Waals surface area contributed by atoms with Gasteiger partial charge in [-0.25, -0.2) is 0 Å². The Balaban J connectivity index is 1.75. The number of carbonyl (C=O) groups is 2. The topological polar surface area (TPSA) is 74.6 Å². The monoisotopic (exact) mass is 1210 g/mol. The maximum absolute atomic E-state index is 12.7. The minimum Gasteiger partial charge on any atom is -0.481 e. The van der Waals surface area contributed by atoms with Gasteiger partial charge >= 0.3 is 5.97 Å². The number of aliphatic hydroxyl groups is 1. The first-order chi connectivity index (χ1) is 42.4. The van der Waals surface area contributed by atoms with E-state index in [1.54, 1.807) is 0 Å². The molecule has 0 bridgehead atoms. The van der Waals surface area contributed by atoms with Crippen LogP contribution < -0.4 is 0 Å². The quantitative estimate of drug-likeness (QED) is 0.0595. The second-order valence-electron chi connectivity index (χ2n) is 29.6. The van der Waals surface area contributed by atoms with Crippen LogP contribution in [0.2, 0.25) is 0 Å². The molecule has 1 aliphatic carbocycles. The molecule has 86 heavy (non-hydrogen) atoms. The molecule has 512 valence electrons. The first kappa shape index (κ1) is 83.1. The first-order valence-electron chi connectivity index (χ1n) is 40.8. The van der Waals surface area contributed by atoms with Crippen molar-refractivity contribution in [2.75, 3.05) is 0 Å². The molecule has 0 radical (unpaired) electrons. The average molecular weight is 1210 g/mol. The number of hydrogen-bond donors (Lipinski definition) is 2. The summed E-state index contributed by atoms with van der Waals surface area (Å²) in [7, 11) is 0. The fourth-order valence-electron chi connectivity index (χ4n) is 14.6. The van der Waals surface area contributed by atoms with E-state index >= 15 is 0 Å². The molecule has 0 aliphatic heterocycles. The van der Waals surface area contributed by atoms with Gasteiger partial charge in [0.1, 0.15) is 5.78 Å². The van der Waals surface area contributed by atoms with E-state index in [1.807, 2.05) is 0 Å². The van der Waals surface area contributed by atoms with Crippen molar-refractivity contribution in [2.45, 2.75) is 489 Å². The number of carbonyl (C=O) groups excluding carboxylic acids is 1. The van der Waals surface area contributed by atoms with E-state index in [-0.39, 0.29) is 5.92 Å². The van der Waals surface area contributed by atoms with Crippen LogP contribution in [0.4, 0.5) is 0 Å². The van der Waals surface area contributed by atoms with Gasteiger partial charge in [0.15, 0.2) is 0 Å². The zero-order valence-electron chi connectivity index (χ0n) is 59.5. The maximum atomic E-state index is 12.7. The van der Waals surface area contributed by atoms with Gasteiger partial charge < -0.3 is 10.2 Å². The van der Waals surface area contributed by atoms with Gasteiger partial charge in [-0.05, 0) is 43.9 Å². The van der Waals surface area contributed by atoms with E-state index in [9.17, 15) is 19.8 Å². The third-order valence-electron chi connectivity index (χ3n) is 21.1. The normalized spacial score (nSPS) is 15.2. The third kappa shape index (κ3) is 60.7. The summed E-state index contributed by atoms with van der Waals surface area (Å²) in [5.74, 6) is 1.59. The van der Waals surface area contributed by atoms with Crippen molar-refractivity contribution >= 4 is 11.8 Å². The number of unbranched alkanes of at least 4 members (excludes halogenated alkanes) is 61. The molecule has 4 nitrogen and oxygen atoms in total. The summed E-state index contributed by atoms with van der Waals surface area (Å²) in [5.41, 5.74) is 0. The second-order valence-corrected chi connectivity index (χ2v) is 29.6. The van der Waals surface area contributed by atoms with Crippen molar-refractivity contribution < 1.29 is 19.8 Å². The van der Waals surface area contributed by atoms with Crippen molar-refractivity contribution in [1.82, 2.24) is 0 Å². The molecule has 1 aliphatic rings. The van der Waals surface area contributed by atoms with Crippen molar-refractivity contribution in [1.29, 1.82) is 0 Å². The number of aliphatic hydroxyl groups excluding tert-OH is 1. The van der Waals surface area contributed by atoms with Crippen LogP contribution in [0.25, 0.3) is 0 Å². The smallest absolute Gasteiger partial charge is 0.309 e. The van der Waals surface area contributed by atoms with Crippen molar-refractivity contribution in [3.8, 4) is 0 Å². The fraction of sp³-hybridized carbons (Fsp3) is 0.976. The molecular formula is C82H160O4. The molecule has 5 unspecified atom stereocenters. The van der Waals surface area contributed by atoms with E-state index in [1.165, 1.54) is 405 Å². The summed E-state index contributed by atoms with van der Waals surface area (Å²) in [6.07, 6.45) is 96.5. The van der Waals surface area contributed by atoms with Gasteiger partial charge in [-0.15, -0.1) is 0 Å². The minimum atomic E-state index is -0.800. The Morgan fingerprint density at radius 3 is 0.756 bits per heavy atom. The highest BCUT2D eigenvalue weighted by atomic mass is 16.4. The van der Waals surface area contributed by atoms with Gasteiger partial charge in [0.05, 0.1) is 12.0 Å². The summed E-state index contributed by atoms with van der Waals surface area (Å²) >= 11 is 0. The predicted molar refractivity (Wildman–Crippen MR) is 382 cm³/mol. The number of hydrogen-bond acceptors (Lipinski definition) is 3. The molecule has 0 heterocycles. The second kappa shape index (κ2) is 68.5. The van der Waals surface area contributed by atoms with Crippen LogP contribution in [0.15, 0.2) is 0 Å². The lowest BCUT2D eigenvalue weighted by atomic mass is 9.91. The lowest BCUT2D eigenvalue weighted by molar-refractivity contribution is -0.146. The Bertz CT molecular complexity index is 1330. The van der Waals surface area contributed by atoms with Crippen LogP contribution >= 0.6 is 0 Å². The van der Waals surface area contributed by atoms with Crippen molar-refractivity contribution in [3.05, 3.63) is 0 Å². The zero-order chi connectivity index (χ0) is 62.0. The molecule has 0 saturated heterocycles. The zero-order valence-corrected chi connectivity index (χ0v) is 59.5. The lowest BCUT2D eigenvalue weighted by Crippen LogP contribution is -2.28. The molecular weight excluding hydrogens is 1050 g/mol. The lowest BCUT2D eigenvalue weighted by Gasteiger charge is -2.19. The highest BCUT2D eigenvalue weighted by molar-refractivity contribution is 5.80. The van der Waals surface area contributed by atoms with E-state index in [0.717, 1.165) is 56.8 Å². The first-order valence-corrected chi connectivity index (χ1v) is 40.8. The Morgan fingerprint density at radius 1 is 0.291 bits per heavy atom. The molecule has 1 saturated carbocycles. The minimum absolute atomic E-state index is 0.281. The Kier molecular flexibility index (Phi) is 66.2. The Hall–Kier alpha value is -0.900. The van der Waals surface area contributed by atoms with E-state index in [2.05, 4.69) is 20.8 Å². The highest BCUT2D eigenvalue weighted by Crippen LogP contribution is 2.46. The highest BCUT2D eigenvalue weighted by Gasteiger charge is 2.35. The standard InChI is InChI=1S/C82H160O4/c1-4-6-8-10-12-14-16-18-20-22-23-24-25-29-36-42-48-54-60-66-72-79(82(85)86)81(84)74-68-62-56-50-44-38-30-26-28-34-40-46-52-58-64-70-77-75-78(77)71-65-59-53-47-41-35-31-32-37-43-49-55-61-67-73-80(83)76(3)69-63-57-51-45-39-33-27-21-19-17-15-13-11-9-7-5-2/h76-79,81,84H,4-75H2,1-3H3,(H,85,86). The van der Waals surface area contributed by atoms with Gasteiger partial charge in [-0.3, -0.25) is 9.59 Å². The molecule has 0 amide bonds. The average Bonchev–Trinajstić information content (AvgIpc) is 4.49. The summed E-state index contributed by atoms with van der Waals surface area (Å²) < 4.78 is 0. The van der Waals surface area contributed by atoms with E-state index in [4.69, 9.17) is 0 Å². The summed E-state index contributed by atoms with van der Waals surface area (Å²) in [5, 5.41) is 20.5. The largest absolute Gasteiger partial charge is 0.481 e. The van der Waals surface area contributed by atoms with Crippen LogP contribution in [0.3, 0.4) is 0 Å². The van der Waals surface area contributed by atoms with E-state index in [0.29, 0.717) is 18.6 Å². The van der Waals surface area contributed by atoms with Gasteiger partial charge in [0.2, 0.25) is 0 Å². The number of rotatable bonds is 76. The third-order valence-corrected chi connectivity index (χ3v) is 21.1. The van der Waals surface area contributed by atoms with Crippen LogP contribution in [-0.4, -0.2) is 28.1 Å². The van der Waals surface area contributed by atoms with Gasteiger partial charge in [-0.1, -0.05) is 445 Å². The molecule has 1 rings (SSSR count). The molecule has 2 N–H and O–H groups in total. The fourth-order valence-corrected chi connectivity index (χ4v) is 14.6. The summed E-state index contributed by atoms with van der Waals surface area (Å²) in [6, 6.07) is 0. The number of Topliss-reactive ketones (excluding diaryl/α,β-unsaturated/α-hetero) is 1. The van der Waals surface area contributed by atoms with Crippen LogP contribution in [0, 0.1) is 23.7 Å². The van der Waals surface area contributed by atoms with Gasteiger partial charge in [0.25, 0.3) is 0 Å². The Morgan fingerprint density at radius 2 is 0.500 bits per heavy atom. The number of aliphatic carboxylic acids is 1. The van der Waals surface area contributed by atoms with Crippen LogP contribution in [0.5, 0.6) is 0 Å². The predicted octanol–water partition coefficient (Wildman–Crippen LogP) is 28.6. The molecule has 5 atom stereocenters. The molecule has 0 spiro atoms. The number of carboxylic acids is 1. The summed E-state index contributed by atoms with van der Waals surface area (Å²) in [4.78, 5) is 24.6. The summed E-state index contributed by atoms with van der Waals surface area (Å²) in [6.45, 7) is 6.79. The van der Waals surface area contributed by atoms with Gasteiger partial charge in [-0.2, -0.15) is 0 Å². The molecule has 0 aromatic heterocycles. The maximum Gasteiger partial charge on any atom is 0.309 e. The number of carboxylic acid groups (broad SMARTS) is 1. The number of ketones is 1. The van der Waals surface area contributed by atoms with Crippen molar-refractivity contribution in [3.63, 3.8) is 0 Å². The van der Waals surface area contributed by atoms with Crippen molar-refractivity contribution in [2.24, 2.45) is 23.7 Å². The van der Waals surface area contributed by atoms with Gasteiger partial charge in [0, 0.05) is 12.3 Å². The van der Waals surface area contributed by atoms with E-state index < -0.39 is 18.0 Å². The molecule has 0 aromatic carbocycles. The van der Waals surface area contributed by atoms with Crippen LogP contribution in [0.1, 0.15) is 483 Å². The Labute approximate surface area is 541 Å². The van der Waals surface area contributed by atoms with Crippen LogP contribution in [-0.2, 0) is 9.59 Å². The molecule has 1 fully saturated rings.